The van der Waals surface area contributed by atoms with E-state index < -0.39 is 68.8 Å². The molecule has 1 fully saturated rings. The van der Waals surface area contributed by atoms with Crippen LogP contribution in [0.4, 0.5) is 39.0 Å². The van der Waals surface area contributed by atoms with Crippen molar-refractivity contribution in [1.29, 1.82) is 0 Å². The topological polar surface area (TPSA) is 87.3 Å². The summed E-state index contributed by atoms with van der Waals surface area (Å²) < 4.78 is 65.9. The van der Waals surface area contributed by atoms with Gasteiger partial charge in [-0.15, -0.1) is 23.2 Å². The third-order valence-corrected chi connectivity index (χ3v) is 5.24. The zero-order chi connectivity index (χ0) is 23.8. The fourth-order valence-corrected chi connectivity index (χ4v) is 3.14. The van der Waals surface area contributed by atoms with Gasteiger partial charge in [0, 0.05) is 5.69 Å². The molecule has 0 radical (unpaired) electrons. The summed E-state index contributed by atoms with van der Waals surface area (Å²) in [6.07, 6.45) is -3.33. The highest BCUT2D eigenvalue weighted by Gasteiger charge is 2.56. The zero-order valence-electron chi connectivity index (χ0n) is 15.6. The number of rotatable bonds is 6. The van der Waals surface area contributed by atoms with E-state index in [-0.39, 0.29) is 12.1 Å². The van der Waals surface area contributed by atoms with Crippen LogP contribution in [0.1, 0.15) is 16.8 Å². The second-order valence-corrected chi connectivity index (χ2v) is 8.27. The van der Waals surface area contributed by atoms with Gasteiger partial charge in [-0.25, -0.2) is 13.2 Å². The largest absolute Gasteiger partial charge is 0.326 e. The Balaban J connectivity index is 1.80. The van der Waals surface area contributed by atoms with Crippen LogP contribution in [0.3, 0.4) is 0 Å². The van der Waals surface area contributed by atoms with Gasteiger partial charge in [0.1, 0.15) is 21.7 Å². The maximum atomic E-state index is 14.5. The van der Waals surface area contributed by atoms with Crippen molar-refractivity contribution >= 4 is 58.0 Å². The first kappa shape index (κ1) is 23.7. The first-order valence-corrected chi connectivity index (χ1v) is 9.53. The Bertz CT molecular complexity index is 1110. The third-order valence-electron chi connectivity index (χ3n) is 4.41. The summed E-state index contributed by atoms with van der Waals surface area (Å²) in [5.41, 5.74) is -2.54. The normalized spacial score (nSPS) is 16.4. The lowest BCUT2D eigenvalue weighted by atomic mass is 10.1. The number of carbonyl (C=O) groups excluding carboxylic acids is 3. The van der Waals surface area contributed by atoms with Gasteiger partial charge in [-0.3, -0.25) is 14.4 Å². The Hall–Kier alpha value is -2.92. The lowest BCUT2D eigenvalue weighted by Crippen LogP contribution is -2.22. The number of benzene rings is 2. The lowest BCUT2D eigenvalue weighted by molar-refractivity contribution is -0.126. The standard InChI is InChI=1S/C19H12Cl2F5N3O3/c20-19(21)6-9(19)17(31)27-7-1-2-10(22)8(5-7)16(30)28-12-4-3-11(23)14(13(12)24)29-18(32)15(25)26/h1-5,9,15H,6H2,(H,27,31)(H,28,30)(H,29,32)/t9-/m1/s1. The van der Waals surface area contributed by atoms with Crippen LogP contribution in [0, 0.1) is 23.4 Å². The van der Waals surface area contributed by atoms with Crippen molar-refractivity contribution < 1.29 is 36.3 Å². The molecule has 1 aliphatic rings. The van der Waals surface area contributed by atoms with Crippen molar-refractivity contribution in [2.24, 2.45) is 5.92 Å². The number of nitrogens with one attached hydrogen (secondary N) is 3. The molecule has 0 bridgehead atoms. The molecule has 1 saturated carbocycles. The molecule has 1 atom stereocenters. The number of hydrogen-bond donors (Lipinski definition) is 3. The number of hydrogen-bond acceptors (Lipinski definition) is 3. The van der Waals surface area contributed by atoms with Crippen LogP contribution in [0.15, 0.2) is 30.3 Å². The minimum Gasteiger partial charge on any atom is -0.326 e. The summed E-state index contributed by atoms with van der Waals surface area (Å²) in [5, 5.41) is 5.72. The highest BCUT2D eigenvalue weighted by atomic mass is 35.5. The van der Waals surface area contributed by atoms with E-state index in [2.05, 4.69) is 5.32 Å². The highest BCUT2D eigenvalue weighted by Crippen LogP contribution is 2.53. The summed E-state index contributed by atoms with van der Waals surface area (Å²) >= 11 is 11.6. The van der Waals surface area contributed by atoms with E-state index in [1.54, 1.807) is 0 Å². The molecule has 2 aromatic rings. The van der Waals surface area contributed by atoms with E-state index in [1.807, 2.05) is 5.32 Å². The van der Waals surface area contributed by atoms with Crippen molar-refractivity contribution in [1.82, 2.24) is 0 Å². The van der Waals surface area contributed by atoms with E-state index in [9.17, 15) is 36.3 Å². The Morgan fingerprint density at radius 2 is 1.59 bits per heavy atom. The molecule has 0 saturated heterocycles. The monoisotopic (exact) mass is 495 g/mol. The van der Waals surface area contributed by atoms with Crippen LogP contribution in [-0.4, -0.2) is 28.5 Å². The minimum atomic E-state index is -3.54. The molecule has 1 aliphatic carbocycles. The van der Waals surface area contributed by atoms with Crippen LogP contribution in [0.2, 0.25) is 0 Å². The minimum absolute atomic E-state index is 0.0158. The van der Waals surface area contributed by atoms with Gasteiger partial charge >= 0.3 is 6.43 Å². The van der Waals surface area contributed by atoms with E-state index >= 15 is 0 Å². The number of carbonyl (C=O) groups is 3. The van der Waals surface area contributed by atoms with Crippen LogP contribution in [0.5, 0.6) is 0 Å². The summed E-state index contributed by atoms with van der Waals surface area (Å²) in [5.74, 6) is -8.39. The molecule has 2 aromatic carbocycles. The fourth-order valence-electron chi connectivity index (χ4n) is 2.64. The molecule has 3 amide bonds. The van der Waals surface area contributed by atoms with Gasteiger partial charge in [-0.1, -0.05) is 0 Å². The molecule has 6 nitrogen and oxygen atoms in total. The molecule has 170 valence electrons. The second-order valence-electron chi connectivity index (χ2n) is 6.73. The van der Waals surface area contributed by atoms with E-state index in [0.29, 0.717) is 6.07 Å². The zero-order valence-corrected chi connectivity index (χ0v) is 17.1. The van der Waals surface area contributed by atoms with Crippen LogP contribution in [-0.2, 0) is 9.59 Å². The average Bonchev–Trinajstić information content (AvgIpc) is 3.36. The highest BCUT2D eigenvalue weighted by molar-refractivity contribution is 6.52. The maximum absolute atomic E-state index is 14.5. The Labute approximate surface area is 187 Å². The van der Waals surface area contributed by atoms with Gasteiger partial charge in [0.25, 0.3) is 11.8 Å². The van der Waals surface area contributed by atoms with Gasteiger partial charge < -0.3 is 16.0 Å². The number of halogens is 7. The molecule has 0 unspecified atom stereocenters. The quantitative estimate of drug-likeness (QED) is 0.401. The van der Waals surface area contributed by atoms with E-state index in [0.717, 1.165) is 24.3 Å². The predicted molar refractivity (Wildman–Crippen MR) is 107 cm³/mol. The molecule has 0 spiro atoms. The summed E-state index contributed by atoms with van der Waals surface area (Å²) in [6.45, 7) is 0. The van der Waals surface area contributed by atoms with Crippen molar-refractivity contribution in [2.75, 3.05) is 16.0 Å². The second kappa shape index (κ2) is 8.91. The molecular formula is C19H12Cl2F5N3O3. The van der Waals surface area contributed by atoms with Crippen molar-refractivity contribution in [2.45, 2.75) is 17.2 Å². The average molecular weight is 496 g/mol. The molecule has 32 heavy (non-hydrogen) atoms. The fraction of sp³-hybridized carbons (Fsp3) is 0.211. The number of amides is 3. The summed E-state index contributed by atoms with van der Waals surface area (Å²) in [7, 11) is 0. The van der Waals surface area contributed by atoms with Gasteiger partial charge in [0.05, 0.1) is 17.2 Å². The Morgan fingerprint density at radius 3 is 2.19 bits per heavy atom. The SMILES string of the molecule is O=C(Nc1ccc(F)c(NC(=O)C(F)F)c1F)c1cc(NC(=O)[C@H]2CC2(Cl)Cl)ccc1F. The van der Waals surface area contributed by atoms with Crippen LogP contribution < -0.4 is 16.0 Å². The molecule has 3 rings (SSSR count). The lowest BCUT2D eigenvalue weighted by Gasteiger charge is -2.13. The van der Waals surface area contributed by atoms with Crippen molar-refractivity contribution in [3.8, 4) is 0 Å². The Kier molecular flexibility index (Phi) is 6.61. The molecule has 0 heterocycles. The molecular weight excluding hydrogens is 484 g/mol. The predicted octanol–water partition coefficient (Wildman–Crippen LogP) is 4.69. The molecule has 0 aliphatic heterocycles. The van der Waals surface area contributed by atoms with Gasteiger partial charge in [-0.2, -0.15) is 8.78 Å². The van der Waals surface area contributed by atoms with Crippen LogP contribution in [0.25, 0.3) is 0 Å². The smallest absolute Gasteiger partial charge is 0.315 e. The Morgan fingerprint density at radius 1 is 0.969 bits per heavy atom. The van der Waals surface area contributed by atoms with Gasteiger partial charge in [0.15, 0.2) is 5.82 Å². The number of alkyl halides is 4. The molecule has 13 heteroatoms. The van der Waals surface area contributed by atoms with Crippen molar-refractivity contribution in [3.63, 3.8) is 0 Å². The molecule has 0 aromatic heterocycles. The van der Waals surface area contributed by atoms with Gasteiger partial charge in [-0.05, 0) is 36.8 Å². The first-order chi connectivity index (χ1) is 14.9. The molecule has 3 N–H and O–H groups in total. The van der Waals surface area contributed by atoms with Crippen LogP contribution >= 0.6 is 23.2 Å². The number of anilines is 3. The first-order valence-electron chi connectivity index (χ1n) is 8.77. The van der Waals surface area contributed by atoms with E-state index in [4.69, 9.17) is 23.2 Å². The maximum Gasteiger partial charge on any atom is 0.315 e. The summed E-state index contributed by atoms with van der Waals surface area (Å²) in [4.78, 5) is 35.5. The van der Waals surface area contributed by atoms with E-state index in [1.165, 1.54) is 5.32 Å². The third kappa shape index (κ3) is 5.10. The summed E-state index contributed by atoms with van der Waals surface area (Å²) in [6, 6.07) is 4.33. The van der Waals surface area contributed by atoms with Crippen molar-refractivity contribution in [3.05, 3.63) is 53.3 Å². The van der Waals surface area contributed by atoms with Gasteiger partial charge in [0.2, 0.25) is 5.91 Å².